The molecule has 0 aliphatic heterocycles. The highest BCUT2D eigenvalue weighted by atomic mass is 79.9. The number of benzene rings is 3. The molecule has 3 heteroatoms. The molecular formula is C16H9BrClF. The molecule has 19 heavy (non-hydrogen) atoms. The summed E-state index contributed by atoms with van der Waals surface area (Å²) in [7, 11) is 0. The summed E-state index contributed by atoms with van der Waals surface area (Å²) in [4.78, 5) is 0. The van der Waals surface area contributed by atoms with Crippen LogP contribution in [-0.2, 0) is 0 Å². The molecule has 0 atom stereocenters. The summed E-state index contributed by atoms with van der Waals surface area (Å²) in [6.45, 7) is 0. The molecule has 0 amide bonds. The fraction of sp³-hybridized carbons (Fsp3) is 0. The van der Waals surface area contributed by atoms with E-state index in [0.717, 1.165) is 10.8 Å². The van der Waals surface area contributed by atoms with Crippen molar-refractivity contribution < 1.29 is 4.39 Å². The fourth-order valence-corrected chi connectivity index (χ4v) is 2.97. The number of halogens is 3. The predicted molar refractivity (Wildman–Crippen MR) is 82.1 cm³/mol. The maximum Gasteiger partial charge on any atom is 0.145 e. The van der Waals surface area contributed by atoms with Crippen LogP contribution >= 0.6 is 27.5 Å². The van der Waals surface area contributed by atoms with Crippen LogP contribution in [0.1, 0.15) is 0 Å². The van der Waals surface area contributed by atoms with Crippen molar-refractivity contribution in [3.8, 4) is 11.1 Å². The van der Waals surface area contributed by atoms with Gasteiger partial charge in [-0.3, -0.25) is 0 Å². The smallest absolute Gasteiger partial charge is 0.145 e. The second-order valence-electron chi connectivity index (χ2n) is 4.25. The molecule has 0 radical (unpaired) electrons. The SMILES string of the molecule is Fc1c(-c2ccccc2Cl)cc2ccccc2c1Br. The van der Waals surface area contributed by atoms with Crippen LogP contribution in [0.4, 0.5) is 4.39 Å². The van der Waals surface area contributed by atoms with Crippen LogP contribution in [0.2, 0.25) is 5.02 Å². The van der Waals surface area contributed by atoms with Gasteiger partial charge in [-0.1, -0.05) is 54.1 Å². The molecule has 3 aromatic rings. The summed E-state index contributed by atoms with van der Waals surface area (Å²) >= 11 is 9.49. The first-order valence-electron chi connectivity index (χ1n) is 5.80. The van der Waals surface area contributed by atoms with Crippen LogP contribution in [0.15, 0.2) is 59.1 Å². The van der Waals surface area contributed by atoms with Crippen molar-refractivity contribution in [3.63, 3.8) is 0 Å². The van der Waals surface area contributed by atoms with E-state index in [1.165, 1.54) is 0 Å². The Balaban J connectivity index is 2.37. The Morgan fingerprint density at radius 2 is 1.58 bits per heavy atom. The second kappa shape index (κ2) is 4.95. The molecule has 3 rings (SSSR count). The van der Waals surface area contributed by atoms with Crippen molar-refractivity contribution in [2.45, 2.75) is 0 Å². The summed E-state index contributed by atoms with van der Waals surface area (Å²) < 4.78 is 15.0. The van der Waals surface area contributed by atoms with Crippen molar-refractivity contribution in [1.82, 2.24) is 0 Å². The lowest BCUT2D eigenvalue weighted by atomic mass is 10.0. The monoisotopic (exact) mass is 334 g/mol. The minimum atomic E-state index is -0.285. The molecule has 0 bridgehead atoms. The molecule has 0 nitrogen and oxygen atoms in total. The van der Waals surface area contributed by atoms with E-state index in [9.17, 15) is 4.39 Å². The normalized spacial score (nSPS) is 10.9. The average Bonchev–Trinajstić information content (AvgIpc) is 2.44. The molecule has 0 spiro atoms. The topological polar surface area (TPSA) is 0 Å². The molecule has 94 valence electrons. The van der Waals surface area contributed by atoms with Gasteiger partial charge in [0.25, 0.3) is 0 Å². The number of hydrogen-bond donors (Lipinski definition) is 0. The van der Waals surface area contributed by atoms with Gasteiger partial charge in [0, 0.05) is 16.1 Å². The highest BCUT2D eigenvalue weighted by Crippen LogP contribution is 2.37. The van der Waals surface area contributed by atoms with Gasteiger partial charge in [0.1, 0.15) is 5.82 Å². The number of hydrogen-bond acceptors (Lipinski definition) is 0. The Labute approximate surface area is 124 Å². The Morgan fingerprint density at radius 1 is 0.895 bits per heavy atom. The molecule has 0 aliphatic rings. The van der Waals surface area contributed by atoms with E-state index in [4.69, 9.17) is 11.6 Å². The third-order valence-corrected chi connectivity index (χ3v) is 4.20. The molecule has 3 aromatic carbocycles. The number of fused-ring (bicyclic) bond motifs is 1. The van der Waals surface area contributed by atoms with Crippen molar-refractivity contribution in [2.75, 3.05) is 0 Å². The summed E-state index contributed by atoms with van der Waals surface area (Å²) in [6.07, 6.45) is 0. The summed E-state index contributed by atoms with van der Waals surface area (Å²) in [5.74, 6) is -0.285. The van der Waals surface area contributed by atoms with Gasteiger partial charge in [-0.25, -0.2) is 4.39 Å². The molecular weight excluding hydrogens is 327 g/mol. The van der Waals surface area contributed by atoms with E-state index in [-0.39, 0.29) is 5.82 Å². The maximum absolute atomic E-state index is 14.5. The standard InChI is InChI=1S/C16H9BrClF/c17-15-11-6-2-1-5-10(11)9-13(16(15)19)12-7-3-4-8-14(12)18/h1-9H. The quantitative estimate of drug-likeness (QED) is 0.507. The minimum Gasteiger partial charge on any atom is -0.205 e. The predicted octanol–water partition coefficient (Wildman–Crippen LogP) is 6.06. The lowest BCUT2D eigenvalue weighted by Gasteiger charge is -2.10. The molecule has 0 heterocycles. The zero-order valence-corrected chi connectivity index (χ0v) is 12.2. The first-order chi connectivity index (χ1) is 9.18. The van der Waals surface area contributed by atoms with E-state index in [2.05, 4.69) is 15.9 Å². The van der Waals surface area contributed by atoms with Crippen LogP contribution < -0.4 is 0 Å². The average molecular weight is 336 g/mol. The molecule has 0 saturated heterocycles. The Bertz CT molecular complexity index is 768. The van der Waals surface area contributed by atoms with Gasteiger partial charge in [-0.2, -0.15) is 0 Å². The molecule has 0 unspecified atom stereocenters. The molecule has 0 N–H and O–H groups in total. The largest absolute Gasteiger partial charge is 0.205 e. The Morgan fingerprint density at radius 3 is 2.37 bits per heavy atom. The van der Waals surface area contributed by atoms with Gasteiger partial charge >= 0.3 is 0 Å². The van der Waals surface area contributed by atoms with Crippen LogP contribution in [0.25, 0.3) is 21.9 Å². The van der Waals surface area contributed by atoms with Crippen molar-refractivity contribution in [3.05, 3.63) is 69.9 Å². The van der Waals surface area contributed by atoms with Gasteiger partial charge in [-0.15, -0.1) is 0 Å². The van der Waals surface area contributed by atoms with Gasteiger partial charge in [-0.05, 0) is 38.8 Å². The van der Waals surface area contributed by atoms with Gasteiger partial charge < -0.3 is 0 Å². The molecule has 0 fully saturated rings. The highest BCUT2D eigenvalue weighted by molar-refractivity contribution is 9.10. The summed E-state index contributed by atoms with van der Waals surface area (Å²) in [6, 6.07) is 16.8. The van der Waals surface area contributed by atoms with Crippen molar-refractivity contribution >= 4 is 38.3 Å². The van der Waals surface area contributed by atoms with Crippen molar-refractivity contribution in [1.29, 1.82) is 0 Å². The third kappa shape index (κ3) is 2.15. The Hall–Kier alpha value is -1.38. The highest BCUT2D eigenvalue weighted by Gasteiger charge is 2.14. The fourth-order valence-electron chi connectivity index (χ4n) is 2.15. The molecule has 0 aromatic heterocycles. The van der Waals surface area contributed by atoms with Gasteiger partial charge in [0.05, 0.1) is 4.47 Å². The summed E-state index contributed by atoms with van der Waals surface area (Å²) in [5.41, 5.74) is 1.21. The second-order valence-corrected chi connectivity index (χ2v) is 5.45. The zero-order chi connectivity index (χ0) is 13.4. The molecule has 0 saturated carbocycles. The minimum absolute atomic E-state index is 0.285. The van der Waals surface area contributed by atoms with Crippen LogP contribution in [0.3, 0.4) is 0 Å². The Kier molecular flexibility index (Phi) is 3.29. The van der Waals surface area contributed by atoms with Crippen LogP contribution in [-0.4, -0.2) is 0 Å². The van der Waals surface area contributed by atoms with Gasteiger partial charge in [0.15, 0.2) is 0 Å². The lowest BCUT2D eigenvalue weighted by Crippen LogP contribution is -1.89. The zero-order valence-electron chi connectivity index (χ0n) is 9.83. The third-order valence-electron chi connectivity index (χ3n) is 3.09. The summed E-state index contributed by atoms with van der Waals surface area (Å²) in [5, 5.41) is 2.38. The van der Waals surface area contributed by atoms with Crippen LogP contribution in [0, 0.1) is 5.82 Å². The molecule has 0 aliphatic carbocycles. The van der Waals surface area contributed by atoms with Crippen LogP contribution in [0.5, 0.6) is 0 Å². The van der Waals surface area contributed by atoms with E-state index < -0.39 is 0 Å². The van der Waals surface area contributed by atoms with E-state index in [1.54, 1.807) is 6.07 Å². The first kappa shape index (κ1) is 12.6. The number of rotatable bonds is 1. The van der Waals surface area contributed by atoms with E-state index in [1.807, 2.05) is 48.5 Å². The lowest BCUT2D eigenvalue weighted by molar-refractivity contribution is 0.627. The van der Waals surface area contributed by atoms with Crippen molar-refractivity contribution in [2.24, 2.45) is 0 Å². The van der Waals surface area contributed by atoms with E-state index in [0.29, 0.717) is 20.6 Å². The first-order valence-corrected chi connectivity index (χ1v) is 6.97. The maximum atomic E-state index is 14.5. The van der Waals surface area contributed by atoms with E-state index >= 15 is 0 Å². The van der Waals surface area contributed by atoms with Gasteiger partial charge in [0.2, 0.25) is 0 Å².